The Morgan fingerprint density at radius 3 is 1.32 bits per heavy atom. The molecule has 0 aromatic heterocycles. The minimum atomic E-state index is -2.28. The van der Waals surface area contributed by atoms with Gasteiger partial charge in [-0.15, -0.1) is 0 Å². The maximum atomic E-state index is 10.6. The van der Waals surface area contributed by atoms with Crippen molar-refractivity contribution in [3.8, 4) is 0 Å². The monoisotopic (exact) mass is 272 g/mol. The molecule has 0 aliphatic heterocycles. The van der Waals surface area contributed by atoms with Gasteiger partial charge in [-0.2, -0.15) is 0 Å². The zero-order valence-corrected chi connectivity index (χ0v) is 12.3. The quantitative estimate of drug-likeness (QED) is 0.839. The van der Waals surface area contributed by atoms with Crippen molar-refractivity contribution in [2.24, 2.45) is 0 Å². The van der Waals surface area contributed by atoms with Crippen LogP contribution in [0.5, 0.6) is 0 Å². The molecule has 0 bridgehead atoms. The van der Waals surface area contributed by atoms with Gasteiger partial charge in [-0.1, -0.05) is 73.8 Å². The zero-order valence-electron chi connectivity index (χ0n) is 11.3. The summed E-state index contributed by atoms with van der Waals surface area (Å²) in [6.07, 6.45) is 0. The maximum absolute atomic E-state index is 10.6. The fourth-order valence-electron chi connectivity index (χ4n) is 2.28. The van der Waals surface area contributed by atoms with Crippen molar-refractivity contribution in [3.05, 3.63) is 71.8 Å². The number of aliphatic hydroxyl groups excluding tert-OH is 2. The molecule has 2 unspecified atom stereocenters. The van der Waals surface area contributed by atoms with Gasteiger partial charge in [-0.25, -0.2) is 0 Å². The number of aliphatic hydroxyl groups is 2. The summed E-state index contributed by atoms with van der Waals surface area (Å²) in [5.74, 6) is 0. The summed E-state index contributed by atoms with van der Waals surface area (Å²) < 4.78 is 0. The Labute approximate surface area is 115 Å². The van der Waals surface area contributed by atoms with E-state index in [4.69, 9.17) is 0 Å². The van der Waals surface area contributed by atoms with Crippen LogP contribution in [-0.4, -0.2) is 18.3 Å². The molecule has 2 rings (SSSR count). The summed E-state index contributed by atoms with van der Waals surface area (Å²) in [5.41, 5.74) is 0.608. The molecule has 3 heteroatoms. The highest BCUT2D eigenvalue weighted by molar-refractivity contribution is 6.79. The van der Waals surface area contributed by atoms with E-state index in [1.54, 1.807) is 0 Å². The van der Waals surface area contributed by atoms with Gasteiger partial charge < -0.3 is 10.2 Å². The van der Waals surface area contributed by atoms with Gasteiger partial charge in [-0.3, -0.25) is 0 Å². The first-order chi connectivity index (χ1) is 9.03. The van der Waals surface area contributed by atoms with Gasteiger partial charge in [0.15, 0.2) is 0 Å². The van der Waals surface area contributed by atoms with E-state index in [0.29, 0.717) is 0 Å². The second-order valence-electron chi connectivity index (χ2n) is 5.45. The van der Waals surface area contributed by atoms with Crippen molar-refractivity contribution in [1.82, 2.24) is 0 Å². The summed E-state index contributed by atoms with van der Waals surface area (Å²) in [7, 11) is -2.28. The molecular weight excluding hydrogens is 252 g/mol. The molecule has 0 spiro atoms. The lowest BCUT2D eigenvalue weighted by Crippen LogP contribution is -2.42. The van der Waals surface area contributed by atoms with Gasteiger partial charge in [0.1, 0.15) is 8.07 Å². The predicted octanol–water partition coefficient (Wildman–Crippen LogP) is 3.24. The van der Waals surface area contributed by atoms with Crippen LogP contribution < -0.4 is 0 Å². The first kappa shape index (κ1) is 14.0. The minimum Gasteiger partial charge on any atom is -0.392 e. The van der Waals surface area contributed by atoms with Crippen LogP contribution in [0.15, 0.2) is 60.7 Å². The van der Waals surface area contributed by atoms with E-state index in [-0.39, 0.29) is 0 Å². The van der Waals surface area contributed by atoms with Crippen molar-refractivity contribution in [3.63, 3.8) is 0 Å². The normalized spacial score (nSPS) is 14.9. The maximum Gasteiger partial charge on any atom is 0.125 e. The van der Waals surface area contributed by atoms with Crippen LogP contribution in [0.4, 0.5) is 0 Å². The topological polar surface area (TPSA) is 40.5 Å². The minimum absolute atomic E-state index is 0.580. The molecule has 0 heterocycles. The number of hydrogen-bond acceptors (Lipinski definition) is 2. The highest BCUT2D eigenvalue weighted by Gasteiger charge is 2.39. The van der Waals surface area contributed by atoms with Crippen LogP contribution in [0.1, 0.15) is 22.6 Å². The first-order valence-corrected chi connectivity index (χ1v) is 9.65. The molecule has 0 amide bonds. The summed E-state index contributed by atoms with van der Waals surface area (Å²) in [4.78, 5) is 0. The molecule has 2 aromatic carbocycles. The fraction of sp³-hybridized carbons (Fsp3) is 0.250. The SMILES string of the molecule is C[Si](C)(C(O)c1ccccc1)C(O)c1ccccc1. The highest BCUT2D eigenvalue weighted by atomic mass is 28.3. The number of hydrogen-bond donors (Lipinski definition) is 2. The van der Waals surface area contributed by atoms with E-state index < -0.39 is 19.5 Å². The Hall–Kier alpha value is -1.42. The molecule has 19 heavy (non-hydrogen) atoms. The molecule has 0 aliphatic rings. The molecule has 0 saturated carbocycles. The van der Waals surface area contributed by atoms with Crippen LogP contribution in [-0.2, 0) is 0 Å². The molecule has 2 atom stereocenters. The van der Waals surface area contributed by atoms with Gasteiger partial charge in [-0.05, 0) is 11.1 Å². The van der Waals surface area contributed by atoms with Gasteiger partial charge >= 0.3 is 0 Å². The molecule has 2 nitrogen and oxygen atoms in total. The van der Waals surface area contributed by atoms with E-state index in [1.807, 2.05) is 73.8 Å². The number of benzene rings is 2. The summed E-state index contributed by atoms with van der Waals surface area (Å²) in [6.45, 7) is 4.03. The Kier molecular flexibility index (Phi) is 4.19. The Morgan fingerprint density at radius 2 is 1.00 bits per heavy atom. The van der Waals surface area contributed by atoms with Gasteiger partial charge in [0, 0.05) is 0 Å². The first-order valence-electron chi connectivity index (χ1n) is 6.49. The van der Waals surface area contributed by atoms with Crippen molar-refractivity contribution < 1.29 is 10.2 Å². The van der Waals surface area contributed by atoms with E-state index >= 15 is 0 Å². The third-order valence-electron chi connectivity index (χ3n) is 3.64. The van der Waals surface area contributed by atoms with Gasteiger partial charge in [0.25, 0.3) is 0 Å². The Bertz CT molecular complexity index is 463. The van der Waals surface area contributed by atoms with E-state index in [9.17, 15) is 10.2 Å². The van der Waals surface area contributed by atoms with Crippen LogP contribution in [0.2, 0.25) is 13.1 Å². The molecule has 0 fully saturated rings. The van der Waals surface area contributed by atoms with Crippen LogP contribution >= 0.6 is 0 Å². The third-order valence-corrected chi connectivity index (χ3v) is 7.13. The molecule has 0 saturated heterocycles. The largest absolute Gasteiger partial charge is 0.392 e. The average Bonchev–Trinajstić information content (AvgIpc) is 2.47. The van der Waals surface area contributed by atoms with Gasteiger partial charge in [0.2, 0.25) is 0 Å². The van der Waals surface area contributed by atoms with Crippen LogP contribution in [0.3, 0.4) is 0 Å². The molecule has 0 aliphatic carbocycles. The lowest BCUT2D eigenvalue weighted by Gasteiger charge is -2.33. The second-order valence-corrected chi connectivity index (χ2v) is 10.2. The lowest BCUT2D eigenvalue weighted by atomic mass is 10.2. The van der Waals surface area contributed by atoms with Crippen molar-refractivity contribution in [2.45, 2.75) is 24.5 Å². The molecule has 2 N–H and O–H groups in total. The highest BCUT2D eigenvalue weighted by Crippen LogP contribution is 2.34. The Balaban J connectivity index is 2.27. The van der Waals surface area contributed by atoms with Gasteiger partial charge in [0.05, 0.1) is 11.5 Å². The number of rotatable bonds is 4. The van der Waals surface area contributed by atoms with Crippen LogP contribution in [0, 0.1) is 0 Å². The Morgan fingerprint density at radius 1 is 0.684 bits per heavy atom. The molecule has 0 radical (unpaired) electrons. The standard InChI is InChI=1S/C16H20O2Si/c1-19(2,15(17)13-9-5-3-6-10-13)16(18)14-11-7-4-8-12-14/h3-12,15-18H,1-2H3. The second kappa shape index (κ2) is 5.69. The van der Waals surface area contributed by atoms with E-state index in [2.05, 4.69) is 0 Å². The third kappa shape index (κ3) is 2.95. The summed E-state index contributed by atoms with van der Waals surface area (Å²) in [6, 6.07) is 19.2. The van der Waals surface area contributed by atoms with Crippen molar-refractivity contribution in [2.75, 3.05) is 0 Å². The van der Waals surface area contributed by atoms with Crippen LogP contribution in [0.25, 0.3) is 0 Å². The predicted molar refractivity (Wildman–Crippen MR) is 80.3 cm³/mol. The molecule has 2 aromatic rings. The van der Waals surface area contributed by atoms with Crippen molar-refractivity contribution in [1.29, 1.82) is 0 Å². The fourth-order valence-corrected chi connectivity index (χ4v) is 4.68. The van der Waals surface area contributed by atoms with E-state index in [1.165, 1.54) is 0 Å². The smallest absolute Gasteiger partial charge is 0.125 e. The summed E-state index contributed by atoms with van der Waals surface area (Å²) >= 11 is 0. The van der Waals surface area contributed by atoms with Crippen molar-refractivity contribution >= 4 is 8.07 Å². The molecule has 100 valence electrons. The lowest BCUT2D eigenvalue weighted by molar-refractivity contribution is 0.203. The zero-order chi connectivity index (χ0) is 13.9. The summed E-state index contributed by atoms with van der Waals surface area (Å²) in [5, 5.41) is 21.2. The van der Waals surface area contributed by atoms with E-state index in [0.717, 1.165) is 11.1 Å². The average molecular weight is 272 g/mol. The molecular formula is C16H20O2Si.